The van der Waals surface area contributed by atoms with Gasteiger partial charge in [-0.15, -0.1) is 6.58 Å². The minimum absolute atomic E-state index is 0.00579. The first-order chi connectivity index (χ1) is 4.75. The van der Waals surface area contributed by atoms with E-state index < -0.39 is 0 Å². The number of nitrogens with two attached hydrogens (primary N) is 1. The molecule has 2 heteroatoms. The molecular weight excluding hydrogens is 142 g/mol. The molecule has 2 N–H and O–H groups in total. The first-order valence-corrected chi connectivity index (χ1v) is 4.11. The number of rotatable bonds is 2. The molecule has 0 saturated heterocycles. The van der Waals surface area contributed by atoms with E-state index in [1.807, 2.05) is 0 Å². The summed E-state index contributed by atoms with van der Waals surface area (Å²) in [6.45, 7) is 5.70. The minimum Gasteiger partial charge on any atom is -0.321 e. The van der Waals surface area contributed by atoms with Gasteiger partial charge in [-0.1, -0.05) is 6.08 Å². The number of aryl methyl sites for hydroxylation is 1. The van der Waals surface area contributed by atoms with Crippen molar-refractivity contribution in [1.29, 1.82) is 0 Å². The predicted molar refractivity (Wildman–Crippen MR) is 46.2 cm³/mol. The maximum absolute atomic E-state index is 5.73. The van der Waals surface area contributed by atoms with E-state index in [2.05, 4.69) is 24.3 Å². The Morgan fingerprint density at radius 2 is 2.40 bits per heavy atom. The van der Waals surface area contributed by atoms with Crippen LogP contribution in [0, 0.1) is 6.92 Å². The monoisotopic (exact) mass is 153 g/mol. The summed E-state index contributed by atoms with van der Waals surface area (Å²) < 4.78 is 0. The van der Waals surface area contributed by atoms with Crippen LogP contribution in [-0.4, -0.2) is 0 Å². The van der Waals surface area contributed by atoms with Crippen molar-refractivity contribution in [2.75, 3.05) is 0 Å². The van der Waals surface area contributed by atoms with Crippen molar-refractivity contribution in [3.05, 3.63) is 34.5 Å². The zero-order valence-electron chi connectivity index (χ0n) is 6.00. The molecule has 0 saturated carbocycles. The third-order valence-corrected chi connectivity index (χ3v) is 2.39. The van der Waals surface area contributed by atoms with Crippen LogP contribution in [0.5, 0.6) is 0 Å². The largest absolute Gasteiger partial charge is 0.321 e. The summed E-state index contributed by atoms with van der Waals surface area (Å²) in [4.78, 5) is 0. The SMILES string of the molecule is C=C[C@@H](N)c1cscc1C. The van der Waals surface area contributed by atoms with Crippen molar-refractivity contribution >= 4 is 11.3 Å². The molecule has 0 amide bonds. The third-order valence-electron chi connectivity index (χ3n) is 1.51. The summed E-state index contributed by atoms with van der Waals surface area (Å²) in [5.74, 6) is 0. The van der Waals surface area contributed by atoms with Gasteiger partial charge in [0.1, 0.15) is 0 Å². The second-order valence-electron chi connectivity index (χ2n) is 2.27. The Labute approximate surface area is 65.2 Å². The van der Waals surface area contributed by atoms with Gasteiger partial charge < -0.3 is 5.73 Å². The highest BCUT2D eigenvalue weighted by Gasteiger charge is 2.03. The molecule has 1 rings (SSSR count). The van der Waals surface area contributed by atoms with Crippen LogP contribution in [-0.2, 0) is 0 Å². The highest BCUT2D eigenvalue weighted by atomic mass is 32.1. The van der Waals surface area contributed by atoms with Crippen LogP contribution < -0.4 is 5.73 Å². The quantitative estimate of drug-likeness (QED) is 0.648. The van der Waals surface area contributed by atoms with Crippen molar-refractivity contribution in [3.63, 3.8) is 0 Å². The fourth-order valence-electron chi connectivity index (χ4n) is 0.839. The molecule has 1 aromatic heterocycles. The minimum atomic E-state index is 0.00579. The maximum Gasteiger partial charge on any atom is 0.0489 e. The molecule has 0 bridgehead atoms. The average molecular weight is 153 g/mol. The molecule has 0 spiro atoms. The normalized spacial score (nSPS) is 13.0. The summed E-state index contributed by atoms with van der Waals surface area (Å²) in [6.07, 6.45) is 1.76. The van der Waals surface area contributed by atoms with E-state index >= 15 is 0 Å². The van der Waals surface area contributed by atoms with Crippen molar-refractivity contribution in [2.24, 2.45) is 5.73 Å². The van der Waals surface area contributed by atoms with Gasteiger partial charge in [-0.3, -0.25) is 0 Å². The summed E-state index contributed by atoms with van der Waals surface area (Å²) in [5, 5.41) is 4.17. The molecule has 0 radical (unpaired) electrons. The smallest absolute Gasteiger partial charge is 0.0489 e. The molecule has 0 unspecified atom stereocenters. The van der Waals surface area contributed by atoms with Crippen LogP contribution in [0.4, 0.5) is 0 Å². The molecule has 0 aliphatic carbocycles. The number of thiophene rings is 1. The first kappa shape index (κ1) is 7.51. The van der Waals surface area contributed by atoms with Gasteiger partial charge >= 0.3 is 0 Å². The first-order valence-electron chi connectivity index (χ1n) is 3.16. The third kappa shape index (κ3) is 1.28. The topological polar surface area (TPSA) is 26.0 Å². The zero-order chi connectivity index (χ0) is 7.56. The Balaban J connectivity index is 2.92. The lowest BCUT2D eigenvalue weighted by Crippen LogP contribution is -2.05. The van der Waals surface area contributed by atoms with Crippen molar-refractivity contribution in [1.82, 2.24) is 0 Å². The molecule has 0 aliphatic rings. The van der Waals surface area contributed by atoms with E-state index in [0.29, 0.717) is 0 Å². The molecule has 1 aromatic rings. The summed E-state index contributed by atoms with van der Waals surface area (Å²) in [5.41, 5.74) is 8.18. The van der Waals surface area contributed by atoms with E-state index in [-0.39, 0.29) is 6.04 Å². The average Bonchev–Trinajstić information content (AvgIpc) is 2.34. The van der Waals surface area contributed by atoms with Gasteiger partial charge in [0.2, 0.25) is 0 Å². The molecule has 0 fully saturated rings. The second-order valence-corrected chi connectivity index (χ2v) is 3.02. The fraction of sp³-hybridized carbons (Fsp3) is 0.250. The van der Waals surface area contributed by atoms with E-state index in [1.54, 1.807) is 17.4 Å². The van der Waals surface area contributed by atoms with Crippen molar-refractivity contribution < 1.29 is 0 Å². The van der Waals surface area contributed by atoms with E-state index in [1.165, 1.54) is 11.1 Å². The molecule has 1 nitrogen and oxygen atoms in total. The van der Waals surface area contributed by atoms with Gasteiger partial charge in [-0.25, -0.2) is 0 Å². The van der Waals surface area contributed by atoms with Crippen LogP contribution >= 0.6 is 11.3 Å². The number of hydrogen-bond acceptors (Lipinski definition) is 2. The van der Waals surface area contributed by atoms with Crippen LogP contribution in [0.1, 0.15) is 17.2 Å². The number of hydrogen-bond donors (Lipinski definition) is 1. The van der Waals surface area contributed by atoms with Gasteiger partial charge in [0, 0.05) is 6.04 Å². The van der Waals surface area contributed by atoms with Crippen LogP contribution in [0.2, 0.25) is 0 Å². The predicted octanol–water partition coefficient (Wildman–Crippen LogP) is 2.24. The molecule has 54 valence electrons. The summed E-state index contributed by atoms with van der Waals surface area (Å²) >= 11 is 1.68. The lowest BCUT2D eigenvalue weighted by Gasteiger charge is -2.03. The van der Waals surface area contributed by atoms with Crippen LogP contribution in [0.25, 0.3) is 0 Å². The van der Waals surface area contributed by atoms with Crippen LogP contribution in [0.3, 0.4) is 0 Å². The van der Waals surface area contributed by atoms with E-state index in [0.717, 1.165) is 0 Å². The molecule has 0 aromatic carbocycles. The van der Waals surface area contributed by atoms with Gasteiger partial charge in [0.25, 0.3) is 0 Å². The standard InChI is InChI=1S/C8H11NS/c1-3-8(9)7-5-10-4-6(7)2/h3-5,8H,1,9H2,2H3/t8-/m1/s1. The Hall–Kier alpha value is -0.600. The summed E-state index contributed by atoms with van der Waals surface area (Å²) in [7, 11) is 0. The Kier molecular flexibility index (Phi) is 2.25. The fourth-order valence-corrected chi connectivity index (χ4v) is 1.74. The molecule has 1 heterocycles. The molecular formula is C8H11NS. The molecule has 10 heavy (non-hydrogen) atoms. The molecule has 0 aliphatic heterocycles. The summed E-state index contributed by atoms with van der Waals surface area (Å²) in [6, 6.07) is 0.00579. The van der Waals surface area contributed by atoms with Crippen molar-refractivity contribution in [2.45, 2.75) is 13.0 Å². The van der Waals surface area contributed by atoms with Crippen LogP contribution in [0.15, 0.2) is 23.4 Å². The Bertz CT molecular complexity index is 227. The highest BCUT2D eigenvalue weighted by molar-refractivity contribution is 7.08. The van der Waals surface area contributed by atoms with E-state index in [4.69, 9.17) is 5.73 Å². The second kappa shape index (κ2) is 2.99. The Morgan fingerprint density at radius 3 is 2.80 bits per heavy atom. The molecule has 1 atom stereocenters. The Morgan fingerprint density at radius 1 is 1.70 bits per heavy atom. The maximum atomic E-state index is 5.73. The lowest BCUT2D eigenvalue weighted by atomic mass is 10.1. The van der Waals surface area contributed by atoms with Gasteiger partial charge in [0.15, 0.2) is 0 Å². The van der Waals surface area contributed by atoms with Gasteiger partial charge in [0.05, 0.1) is 0 Å². The van der Waals surface area contributed by atoms with Gasteiger partial charge in [-0.05, 0) is 28.8 Å². The van der Waals surface area contributed by atoms with E-state index in [9.17, 15) is 0 Å². The highest BCUT2D eigenvalue weighted by Crippen LogP contribution is 2.19. The van der Waals surface area contributed by atoms with Gasteiger partial charge in [-0.2, -0.15) is 11.3 Å². The zero-order valence-corrected chi connectivity index (χ0v) is 6.82. The lowest BCUT2D eigenvalue weighted by molar-refractivity contribution is 0.910. The van der Waals surface area contributed by atoms with Crippen molar-refractivity contribution in [3.8, 4) is 0 Å².